The van der Waals surface area contributed by atoms with Crippen molar-refractivity contribution in [2.75, 3.05) is 5.75 Å². The molecule has 11 heavy (non-hydrogen) atoms. The van der Waals surface area contributed by atoms with Crippen molar-refractivity contribution in [3.8, 4) is 0 Å². The molecule has 0 radical (unpaired) electrons. The highest BCUT2D eigenvalue weighted by atomic mass is 32.2. The first-order chi connectivity index (χ1) is 5.38. The summed E-state index contributed by atoms with van der Waals surface area (Å²) in [7, 11) is 0. The van der Waals surface area contributed by atoms with Gasteiger partial charge in [-0.05, 0) is 0 Å². The third-order valence-electron chi connectivity index (χ3n) is 1.19. The molecule has 0 amide bonds. The molecule has 0 fully saturated rings. The fourth-order valence-corrected chi connectivity index (χ4v) is 1.40. The second-order valence-corrected chi connectivity index (χ2v) is 2.87. The predicted molar refractivity (Wildman–Crippen MR) is 40.9 cm³/mol. The molecule has 5 nitrogen and oxygen atoms in total. The van der Waals surface area contributed by atoms with Crippen LogP contribution in [0.5, 0.6) is 0 Å². The zero-order chi connectivity index (χ0) is 7.68. The summed E-state index contributed by atoms with van der Waals surface area (Å²) < 4.78 is 1.24. The summed E-state index contributed by atoms with van der Waals surface area (Å²) in [5.74, 6) is 0.748. The van der Waals surface area contributed by atoms with Crippen LogP contribution in [-0.4, -0.2) is 26.8 Å². The lowest BCUT2D eigenvalue weighted by Crippen LogP contribution is -2.21. The van der Waals surface area contributed by atoms with Crippen LogP contribution in [0.15, 0.2) is 21.2 Å². The number of nitrogens with zero attached hydrogens (tertiary/aromatic N) is 4. The Hall–Kier alpha value is -1.17. The van der Waals surface area contributed by atoms with Crippen LogP contribution >= 0.6 is 11.8 Å². The molecule has 0 aliphatic carbocycles. The number of hydrogen-bond acceptors (Lipinski definition) is 5. The van der Waals surface area contributed by atoms with E-state index < -0.39 is 0 Å². The SMILES string of the molecule is O=c1cnnc2n1N=CCS2. The van der Waals surface area contributed by atoms with Gasteiger partial charge < -0.3 is 0 Å². The van der Waals surface area contributed by atoms with E-state index in [-0.39, 0.29) is 5.56 Å². The Morgan fingerprint density at radius 3 is 3.36 bits per heavy atom. The Bertz CT molecular complexity index is 358. The average Bonchev–Trinajstić information content (AvgIpc) is 2.06. The maximum atomic E-state index is 11.0. The molecule has 1 aliphatic rings. The van der Waals surface area contributed by atoms with E-state index in [1.807, 2.05) is 0 Å². The van der Waals surface area contributed by atoms with Gasteiger partial charge in [-0.1, -0.05) is 11.8 Å². The average molecular weight is 168 g/mol. The van der Waals surface area contributed by atoms with Gasteiger partial charge in [0.15, 0.2) is 0 Å². The van der Waals surface area contributed by atoms with Gasteiger partial charge >= 0.3 is 0 Å². The monoisotopic (exact) mass is 168 g/mol. The van der Waals surface area contributed by atoms with E-state index in [1.54, 1.807) is 6.21 Å². The van der Waals surface area contributed by atoms with Crippen molar-refractivity contribution in [3.05, 3.63) is 16.6 Å². The predicted octanol–water partition coefficient (Wildman–Crippen LogP) is -0.422. The van der Waals surface area contributed by atoms with Crippen LogP contribution < -0.4 is 5.56 Å². The van der Waals surface area contributed by atoms with Crippen LogP contribution in [0, 0.1) is 0 Å². The second-order valence-electron chi connectivity index (χ2n) is 1.89. The number of thioether (sulfide) groups is 1. The zero-order valence-corrected chi connectivity index (χ0v) is 6.28. The minimum Gasteiger partial charge on any atom is -0.265 e. The molecular formula is C5H4N4OS. The first kappa shape index (κ1) is 6.53. The summed E-state index contributed by atoms with van der Waals surface area (Å²) in [6, 6.07) is 0. The fraction of sp³-hybridized carbons (Fsp3) is 0.200. The molecule has 6 heteroatoms. The normalized spacial score (nSPS) is 14.5. The topological polar surface area (TPSA) is 60.1 Å². The van der Waals surface area contributed by atoms with Crippen LogP contribution in [0.3, 0.4) is 0 Å². The molecule has 0 bridgehead atoms. The minimum atomic E-state index is -0.238. The molecule has 0 aromatic carbocycles. The molecule has 1 aliphatic heterocycles. The van der Waals surface area contributed by atoms with E-state index >= 15 is 0 Å². The number of rotatable bonds is 0. The van der Waals surface area contributed by atoms with Gasteiger partial charge in [0.05, 0.1) is 0 Å². The summed E-state index contributed by atoms with van der Waals surface area (Å²) in [6.07, 6.45) is 2.81. The fourth-order valence-electron chi connectivity index (χ4n) is 0.742. The zero-order valence-electron chi connectivity index (χ0n) is 5.47. The largest absolute Gasteiger partial charge is 0.293 e. The van der Waals surface area contributed by atoms with E-state index in [0.29, 0.717) is 5.16 Å². The lowest BCUT2D eigenvalue weighted by atomic mass is 10.8. The summed E-state index contributed by atoms with van der Waals surface area (Å²) in [5.41, 5.74) is -0.238. The Morgan fingerprint density at radius 1 is 1.64 bits per heavy atom. The van der Waals surface area contributed by atoms with Gasteiger partial charge in [0.1, 0.15) is 6.20 Å². The van der Waals surface area contributed by atoms with Gasteiger partial charge in [-0.3, -0.25) is 4.79 Å². The third-order valence-corrected chi connectivity index (χ3v) is 2.01. The third kappa shape index (κ3) is 1.05. The Balaban J connectivity index is 2.70. The second kappa shape index (κ2) is 2.46. The van der Waals surface area contributed by atoms with Crippen molar-refractivity contribution in [3.63, 3.8) is 0 Å². The molecule has 56 valence electrons. The highest BCUT2D eigenvalue weighted by Crippen LogP contribution is 2.13. The maximum absolute atomic E-state index is 11.0. The molecule has 0 spiro atoms. The van der Waals surface area contributed by atoms with E-state index in [4.69, 9.17) is 0 Å². The lowest BCUT2D eigenvalue weighted by molar-refractivity contribution is 0.644. The highest BCUT2D eigenvalue weighted by Gasteiger charge is 2.07. The van der Waals surface area contributed by atoms with Crippen LogP contribution in [0.25, 0.3) is 0 Å². The molecule has 0 atom stereocenters. The number of hydrogen-bond donors (Lipinski definition) is 0. The summed E-state index contributed by atoms with van der Waals surface area (Å²) >= 11 is 1.44. The minimum absolute atomic E-state index is 0.238. The molecular weight excluding hydrogens is 164 g/mol. The first-order valence-corrected chi connectivity index (χ1v) is 3.97. The highest BCUT2D eigenvalue weighted by molar-refractivity contribution is 7.99. The van der Waals surface area contributed by atoms with Crippen molar-refractivity contribution < 1.29 is 0 Å². The van der Waals surface area contributed by atoms with E-state index in [1.165, 1.54) is 16.4 Å². The molecule has 0 saturated heterocycles. The molecule has 0 unspecified atom stereocenters. The van der Waals surface area contributed by atoms with Crippen LogP contribution in [0.4, 0.5) is 0 Å². The Morgan fingerprint density at radius 2 is 2.55 bits per heavy atom. The van der Waals surface area contributed by atoms with E-state index in [2.05, 4.69) is 15.3 Å². The first-order valence-electron chi connectivity index (χ1n) is 2.98. The lowest BCUT2D eigenvalue weighted by Gasteiger charge is -2.06. The van der Waals surface area contributed by atoms with Crippen LogP contribution in [-0.2, 0) is 0 Å². The van der Waals surface area contributed by atoms with Gasteiger partial charge in [-0.15, -0.1) is 5.10 Å². The summed E-state index contributed by atoms with van der Waals surface area (Å²) in [5, 5.41) is 11.7. The molecule has 0 N–H and O–H groups in total. The molecule has 1 aromatic heterocycles. The van der Waals surface area contributed by atoms with Gasteiger partial charge in [-0.25, -0.2) is 0 Å². The Kier molecular flexibility index (Phi) is 1.46. The molecule has 1 aromatic rings. The summed E-state index contributed by atoms with van der Waals surface area (Å²) in [4.78, 5) is 11.0. The molecule has 2 heterocycles. The van der Waals surface area contributed by atoms with Crippen LogP contribution in [0.2, 0.25) is 0 Å². The van der Waals surface area contributed by atoms with Gasteiger partial charge in [-0.2, -0.15) is 14.9 Å². The van der Waals surface area contributed by atoms with E-state index in [0.717, 1.165) is 11.9 Å². The maximum Gasteiger partial charge on any atom is 0.293 e. The van der Waals surface area contributed by atoms with Crippen molar-refractivity contribution in [2.45, 2.75) is 5.16 Å². The van der Waals surface area contributed by atoms with Crippen molar-refractivity contribution in [1.29, 1.82) is 0 Å². The number of fused-ring (bicyclic) bond motifs is 1. The van der Waals surface area contributed by atoms with E-state index in [9.17, 15) is 4.79 Å². The summed E-state index contributed by atoms with van der Waals surface area (Å²) in [6.45, 7) is 0. The van der Waals surface area contributed by atoms with Gasteiger partial charge in [0.25, 0.3) is 5.56 Å². The standard InChI is InChI=1S/C5H4N4OS/c10-4-3-6-8-5-9(4)7-1-2-11-5/h1,3H,2H2. The smallest absolute Gasteiger partial charge is 0.265 e. The van der Waals surface area contributed by atoms with Gasteiger partial charge in [0.2, 0.25) is 5.16 Å². The van der Waals surface area contributed by atoms with Gasteiger partial charge in [0, 0.05) is 12.0 Å². The Labute approximate surface area is 66.1 Å². The molecule has 2 rings (SSSR count). The quantitative estimate of drug-likeness (QED) is 0.527. The van der Waals surface area contributed by atoms with Crippen molar-refractivity contribution >= 4 is 18.0 Å². The van der Waals surface area contributed by atoms with Crippen molar-refractivity contribution in [2.24, 2.45) is 5.10 Å². The molecule has 0 saturated carbocycles. The van der Waals surface area contributed by atoms with Crippen LogP contribution in [0.1, 0.15) is 0 Å². The number of aromatic nitrogens is 3. The van der Waals surface area contributed by atoms with Crippen molar-refractivity contribution in [1.82, 2.24) is 14.9 Å².